The maximum atomic E-state index is 13.8. The Morgan fingerprint density at radius 1 is 1.33 bits per heavy atom. The van der Waals surface area contributed by atoms with Crippen molar-refractivity contribution in [2.24, 2.45) is 5.92 Å². The van der Waals surface area contributed by atoms with Gasteiger partial charge < -0.3 is 10.1 Å². The van der Waals surface area contributed by atoms with Gasteiger partial charge in [-0.05, 0) is 30.9 Å². The lowest BCUT2D eigenvalue weighted by atomic mass is 9.83. The highest BCUT2D eigenvalue weighted by atomic mass is 19.1. The summed E-state index contributed by atoms with van der Waals surface area (Å²) in [5, 5.41) is 3.37. The minimum Gasteiger partial charge on any atom is -0.497 e. The van der Waals surface area contributed by atoms with Crippen LogP contribution in [0, 0.1) is 11.7 Å². The van der Waals surface area contributed by atoms with E-state index in [4.69, 9.17) is 4.74 Å². The van der Waals surface area contributed by atoms with E-state index in [1.807, 2.05) is 0 Å². The van der Waals surface area contributed by atoms with Gasteiger partial charge in [0.1, 0.15) is 11.6 Å². The zero-order valence-corrected chi connectivity index (χ0v) is 11.2. The van der Waals surface area contributed by atoms with Crippen LogP contribution in [0.4, 0.5) is 10.1 Å². The first kappa shape index (κ1) is 13.2. The molecule has 1 fully saturated rings. The van der Waals surface area contributed by atoms with Gasteiger partial charge in [0.25, 0.3) is 0 Å². The van der Waals surface area contributed by atoms with Crippen LogP contribution < -0.4 is 10.1 Å². The molecule has 0 radical (unpaired) electrons. The highest BCUT2D eigenvalue weighted by Gasteiger charge is 2.24. The summed E-state index contributed by atoms with van der Waals surface area (Å²) in [7, 11) is 1.60. The number of hydrogen-bond acceptors (Lipinski definition) is 2. The maximum absolute atomic E-state index is 13.8. The second-order valence-electron chi connectivity index (χ2n) is 5.05. The van der Waals surface area contributed by atoms with Crippen molar-refractivity contribution in [3.8, 4) is 5.75 Å². The number of methoxy groups -OCH3 is 1. The van der Waals surface area contributed by atoms with Gasteiger partial charge in [0.2, 0.25) is 0 Å². The van der Waals surface area contributed by atoms with Gasteiger partial charge in [0.15, 0.2) is 0 Å². The molecular formula is C15H22FNO. The fourth-order valence-corrected chi connectivity index (χ4v) is 2.83. The van der Waals surface area contributed by atoms with E-state index in [9.17, 15) is 4.39 Å². The molecule has 2 atom stereocenters. The second-order valence-corrected chi connectivity index (χ2v) is 5.05. The molecule has 3 heteroatoms. The van der Waals surface area contributed by atoms with Crippen LogP contribution in [0.25, 0.3) is 0 Å². The molecule has 2 nitrogen and oxygen atoms in total. The van der Waals surface area contributed by atoms with Gasteiger partial charge >= 0.3 is 0 Å². The SMILES string of the molecule is CCC1CCCCC1Nc1cc(OC)ccc1F. The van der Waals surface area contributed by atoms with E-state index in [0.29, 0.717) is 23.4 Å². The van der Waals surface area contributed by atoms with Crippen molar-refractivity contribution in [2.45, 2.75) is 45.1 Å². The molecule has 100 valence electrons. The fourth-order valence-electron chi connectivity index (χ4n) is 2.83. The van der Waals surface area contributed by atoms with Crippen LogP contribution in [0.2, 0.25) is 0 Å². The van der Waals surface area contributed by atoms with Gasteiger partial charge in [-0.1, -0.05) is 26.2 Å². The summed E-state index contributed by atoms with van der Waals surface area (Å²) < 4.78 is 18.9. The zero-order valence-electron chi connectivity index (χ0n) is 11.2. The minimum absolute atomic E-state index is 0.198. The van der Waals surface area contributed by atoms with Gasteiger partial charge in [-0.3, -0.25) is 0 Å². The summed E-state index contributed by atoms with van der Waals surface area (Å²) in [6, 6.07) is 5.26. The molecule has 0 spiro atoms. The van der Waals surface area contributed by atoms with E-state index in [0.717, 1.165) is 12.8 Å². The van der Waals surface area contributed by atoms with Crippen molar-refractivity contribution in [1.29, 1.82) is 0 Å². The number of benzene rings is 1. The molecule has 0 amide bonds. The standard InChI is InChI=1S/C15H22FNO/c1-3-11-6-4-5-7-14(11)17-15-10-12(18-2)8-9-13(15)16/h8-11,14,17H,3-7H2,1-2H3. The van der Waals surface area contributed by atoms with E-state index in [1.165, 1.54) is 25.3 Å². The van der Waals surface area contributed by atoms with Crippen molar-refractivity contribution in [1.82, 2.24) is 0 Å². The molecule has 0 saturated heterocycles. The lowest BCUT2D eigenvalue weighted by Crippen LogP contribution is -2.32. The Labute approximate surface area is 109 Å². The van der Waals surface area contributed by atoms with Crippen LogP contribution in [0.3, 0.4) is 0 Å². The summed E-state index contributed by atoms with van der Waals surface area (Å²) in [6.45, 7) is 2.21. The summed E-state index contributed by atoms with van der Waals surface area (Å²) >= 11 is 0. The smallest absolute Gasteiger partial charge is 0.146 e. The summed E-state index contributed by atoms with van der Waals surface area (Å²) in [5.74, 6) is 1.16. The molecule has 1 aliphatic carbocycles. The van der Waals surface area contributed by atoms with Crippen LogP contribution in [-0.4, -0.2) is 13.2 Å². The summed E-state index contributed by atoms with van der Waals surface area (Å²) in [4.78, 5) is 0. The van der Waals surface area contributed by atoms with Crippen molar-refractivity contribution < 1.29 is 9.13 Å². The molecule has 18 heavy (non-hydrogen) atoms. The quantitative estimate of drug-likeness (QED) is 0.865. The molecule has 0 bridgehead atoms. The van der Waals surface area contributed by atoms with Crippen molar-refractivity contribution in [3.05, 3.63) is 24.0 Å². The predicted molar refractivity (Wildman–Crippen MR) is 72.6 cm³/mol. The molecule has 0 heterocycles. The number of ether oxygens (including phenoxy) is 1. The van der Waals surface area contributed by atoms with E-state index in [-0.39, 0.29) is 5.82 Å². The van der Waals surface area contributed by atoms with Crippen molar-refractivity contribution >= 4 is 5.69 Å². The maximum Gasteiger partial charge on any atom is 0.146 e. The van der Waals surface area contributed by atoms with Gasteiger partial charge in [-0.25, -0.2) is 4.39 Å². The molecule has 1 saturated carbocycles. The molecule has 1 aromatic carbocycles. The van der Waals surface area contributed by atoms with Crippen molar-refractivity contribution in [2.75, 3.05) is 12.4 Å². The Kier molecular flexibility index (Phi) is 4.45. The first-order valence-electron chi connectivity index (χ1n) is 6.84. The third kappa shape index (κ3) is 2.95. The van der Waals surface area contributed by atoms with Crippen LogP contribution >= 0.6 is 0 Å². The Hall–Kier alpha value is -1.25. The van der Waals surface area contributed by atoms with Crippen molar-refractivity contribution in [3.63, 3.8) is 0 Å². The predicted octanol–water partition coefficient (Wildman–Crippen LogP) is 4.22. The molecule has 2 rings (SSSR count). The topological polar surface area (TPSA) is 21.3 Å². The van der Waals surface area contributed by atoms with Gasteiger partial charge in [0, 0.05) is 12.1 Å². The summed E-state index contributed by atoms with van der Waals surface area (Å²) in [6.07, 6.45) is 6.08. The average Bonchev–Trinajstić information content (AvgIpc) is 2.42. The van der Waals surface area contributed by atoms with Gasteiger partial charge in [-0.15, -0.1) is 0 Å². The first-order chi connectivity index (χ1) is 8.74. The number of halogens is 1. The molecule has 0 aromatic heterocycles. The van der Waals surface area contributed by atoms with Gasteiger partial charge in [-0.2, -0.15) is 0 Å². The molecule has 0 aliphatic heterocycles. The van der Waals surface area contributed by atoms with E-state index in [2.05, 4.69) is 12.2 Å². The monoisotopic (exact) mass is 251 g/mol. The Balaban J connectivity index is 2.11. The minimum atomic E-state index is -0.198. The van der Waals surface area contributed by atoms with Crippen LogP contribution in [0.5, 0.6) is 5.75 Å². The lowest BCUT2D eigenvalue weighted by molar-refractivity contribution is 0.316. The van der Waals surface area contributed by atoms with Crippen LogP contribution in [-0.2, 0) is 0 Å². The normalized spacial score (nSPS) is 23.7. The zero-order chi connectivity index (χ0) is 13.0. The largest absolute Gasteiger partial charge is 0.497 e. The number of hydrogen-bond donors (Lipinski definition) is 1. The Morgan fingerprint density at radius 3 is 2.83 bits per heavy atom. The van der Waals surface area contributed by atoms with E-state index < -0.39 is 0 Å². The average molecular weight is 251 g/mol. The molecule has 1 aromatic rings. The van der Waals surface area contributed by atoms with Gasteiger partial charge in [0.05, 0.1) is 12.8 Å². The molecule has 1 N–H and O–H groups in total. The number of anilines is 1. The second kappa shape index (κ2) is 6.07. The number of nitrogens with one attached hydrogen (secondary N) is 1. The van der Waals surface area contributed by atoms with Crippen LogP contribution in [0.1, 0.15) is 39.0 Å². The summed E-state index contributed by atoms with van der Waals surface area (Å²) in [5.41, 5.74) is 0.569. The molecule has 1 aliphatic rings. The first-order valence-corrected chi connectivity index (χ1v) is 6.84. The highest BCUT2D eigenvalue weighted by molar-refractivity contribution is 5.50. The van der Waals surface area contributed by atoms with Crippen LogP contribution in [0.15, 0.2) is 18.2 Å². The third-order valence-electron chi connectivity index (χ3n) is 3.95. The van der Waals surface area contributed by atoms with E-state index in [1.54, 1.807) is 19.2 Å². The lowest BCUT2D eigenvalue weighted by Gasteiger charge is -2.32. The third-order valence-corrected chi connectivity index (χ3v) is 3.95. The number of rotatable bonds is 4. The van der Waals surface area contributed by atoms with E-state index >= 15 is 0 Å². The Bertz CT molecular complexity index is 394. The molecule has 2 unspecified atom stereocenters. The molecular weight excluding hydrogens is 229 g/mol. The highest BCUT2D eigenvalue weighted by Crippen LogP contribution is 2.31. The Morgan fingerprint density at radius 2 is 2.11 bits per heavy atom. The fraction of sp³-hybridized carbons (Fsp3) is 0.600.